The Morgan fingerprint density at radius 2 is 2.36 bits per heavy atom. The summed E-state index contributed by atoms with van der Waals surface area (Å²) in [5, 5.41) is 3.34. The molecule has 1 heterocycles. The van der Waals surface area contributed by atoms with Gasteiger partial charge in [0, 0.05) is 6.04 Å². The number of nitrogens with one attached hydrogen (secondary N) is 1. The van der Waals surface area contributed by atoms with Crippen molar-refractivity contribution in [2.45, 2.75) is 17.4 Å². The summed E-state index contributed by atoms with van der Waals surface area (Å²) in [5.74, 6) is 2.17. The van der Waals surface area contributed by atoms with E-state index in [0.717, 1.165) is 5.75 Å². The third kappa shape index (κ3) is 1.62. The zero-order chi connectivity index (χ0) is 9.97. The number of hydrogen-bond donors (Lipinski definition) is 1. The highest BCUT2D eigenvalue weighted by atomic mass is 32.2. The Hall–Kier alpha value is -0.670. The van der Waals surface area contributed by atoms with Gasteiger partial charge >= 0.3 is 0 Å². The summed E-state index contributed by atoms with van der Waals surface area (Å²) < 4.78 is 5.36. The summed E-state index contributed by atoms with van der Waals surface area (Å²) in [6.45, 7) is 0. The van der Waals surface area contributed by atoms with E-state index < -0.39 is 0 Å². The second kappa shape index (κ2) is 4.24. The van der Waals surface area contributed by atoms with Gasteiger partial charge in [-0.15, -0.1) is 11.8 Å². The molecule has 14 heavy (non-hydrogen) atoms. The van der Waals surface area contributed by atoms with E-state index in [-0.39, 0.29) is 0 Å². The smallest absolute Gasteiger partial charge is 0.132 e. The topological polar surface area (TPSA) is 21.3 Å². The molecule has 1 aliphatic heterocycles. The first-order valence-corrected chi connectivity index (χ1v) is 5.82. The molecule has 1 unspecified atom stereocenters. The van der Waals surface area contributed by atoms with Crippen molar-refractivity contribution in [2.24, 2.45) is 0 Å². The van der Waals surface area contributed by atoms with Crippen LogP contribution in [-0.4, -0.2) is 19.9 Å². The number of ether oxygens (including phenoxy) is 1. The fourth-order valence-corrected chi connectivity index (χ4v) is 3.08. The van der Waals surface area contributed by atoms with Gasteiger partial charge < -0.3 is 10.1 Å². The molecule has 1 aromatic rings. The van der Waals surface area contributed by atoms with E-state index in [9.17, 15) is 0 Å². The van der Waals surface area contributed by atoms with Crippen LogP contribution in [0.2, 0.25) is 0 Å². The first kappa shape index (κ1) is 9.87. The minimum absolute atomic E-state index is 0.487. The second-order valence-electron chi connectivity index (χ2n) is 3.36. The van der Waals surface area contributed by atoms with Crippen LogP contribution in [0.3, 0.4) is 0 Å². The molecule has 0 aromatic heterocycles. The molecule has 1 aliphatic rings. The van der Waals surface area contributed by atoms with E-state index in [4.69, 9.17) is 4.74 Å². The van der Waals surface area contributed by atoms with Gasteiger partial charge in [-0.2, -0.15) is 0 Å². The first-order chi connectivity index (χ1) is 6.86. The fraction of sp³-hybridized carbons (Fsp3) is 0.455. The van der Waals surface area contributed by atoms with Crippen molar-refractivity contribution in [2.75, 3.05) is 19.9 Å². The predicted octanol–water partition coefficient (Wildman–Crippen LogP) is 2.45. The average Bonchev–Trinajstić information content (AvgIpc) is 2.27. The maximum atomic E-state index is 5.36. The second-order valence-corrected chi connectivity index (χ2v) is 4.46. The number of thioether (sulfide) groups is 1. The van der Waals surface area contributed by atoms with Gasteiger partial charge in [-0.25, -0.2) is 0 Å². The highest BCUT2D eigenvalue weighted by Gasteiger charge is 2.21. The van der Waals surface area contributed by atoms with Gasteiger partial charge in [0.2, 0.25) is 0 Å². The maximum absolute atomic E-state index is 5.36. The molecule has 3 heteroatoms. The van der Waals surface area contributed by atoms with E-state index in [1.54, 1.807) is 7.11 Å². The molecular formula is C11H15NOS. The van der Waals surface area contributed by atoms with Gasteiger partial charge in [0.1, 0.15) is 5.75 Å². The van der Waals surface area contributed by atoms with Crippen LogP contribution in [0.4, 0.5) is 0 Å². The van der Waals surface area contributed by atoms with E-state index in [1.165, 1.54) is 22.6 Å². The van der Waals surface area contributed by atoms with Crippen molar-refractivity contribution in [1.29, 1.82) is 0 Å². The Bertz CT molecular complexity index is 327. The normalized spacial score (nSPS) is 20.3. The minimum atomic E-state index is 0.487. The average molecular weight is 209 g/mol. The molecule has 1 aromatic carbocycles. The zero-order valence-electron chi connectivity index (χ0n) is 8.54. The molecule has 0 fully saturated rings. The summed E-state index contributed by atoms with van der Waals surface area (Å²) in [6, 6.07) is 6.77. The molecule has 0 bridgehead atoms. The van der Waals surface area contributed by atoms with Crippen molar-refractivity contribution in [3.05, 3.63) is 23.8 Å². The highest BCUT2D eigenvalue weighted by Crippen LogP contribution is 2.41. The summed E-state index contributed by atoms with van der Waals surface area (Å²) in [7, 11) is 3.75. The third-order valence-corrected chi connectivity index (χ3v) is 3.77. The van der Waals surface area contributed by atoms with Gasteiger partial charge in [-0.05, 0) is 30.9 Å². The maximum Gasteiger partial charge on any atom is 0.132 e. The molecule has 0 aliphatic carbocycles. The Balaban J connectivity index is 2.43. The number of fused-ring (bicyclic) bond motifs is 1. The number of hydrogen-bond acceptors (Lipinski definition) is 3. The lowest BCUT2D eigenvalue weighted by atomic mass is 10.0. The predicted molar refractivity (Wildman–Crippen MR) is 60.1 cm³/mol. The Morgan fingerprint density at radius 3 is 3.07 bits per heavy atom. The zero-order valence-corrected chi connectivity index (χ0v) is 9.36. The Labute approximate surface area is 89.0 Å². The lowest BCUT2D eigenvalue weighted by Gasteiger charge is -2.25. The van der Waals surface area contributed by atoms with Crippen molar-refractivity contribution < 1.29 is 4.74 Å². The van der Waals surface area contributed by atoms with E-state index >= 15 is 0 Å². The third-order valence-electron chi connectivity index (χ3n) is 2.61. The van der Waals surface area contributed by atoms with Gasteiger partial charge in [0.05, 0.1) is 12.0 Å². The quantitative estimate of drug-likeness (QED) is 0.808. The van der Waals surface area contributed by atoms with E-state index in [1.807, 2.05) is 24.9 Å². The van der Waals surface area contributed by atoms with E-state index in [0.29, 0.717) is 6.04 Å². The monoisotopic (exact) mass is 209 g/mol. The van der Waals surface area contributed by atoms with Gasteiger partial charge in [0.25, 0.3) is 0 Å². The van der Waals surface area contributed by atoms with E-state index in [2.05, 4.69) is 17.4 Å². The summed E-state index contributed by atoms with van der Waals surface area (Å²) in [6.07, 6.45) is 1.20. The highest BCUT2D eigenvalue weighted by molar-refractivity contribution is 7.99. The van der Waals surface area contributed by atoms with Gasteiger partial charge in [0.15, 0.2) is 0 Å². The van der Waals surface area contributed by atoms with Crippen molar-refractivity contribution in [3.8, 4) is 5.75 Å². The first-order valence-electron chi connectivity index (χ1n) is 4.83. The lowest BCUT2D eigenvalue weighted by Crippen LogP contribution is -2.20. The summed E-state index contributed by atoms with van der Waals surface area (Å²) in [4.78, 5) is 1.31. The fourth-order valence-electron chi connectivity index (χ4n) is 1.86. The van der Waals surface area contributed by atoms with Crippen molar-refractivity contribution in [1.82, 2.24) is 5.32 Å². The number of benzene rings is 1. The summed E-state index contributed by atoms with van der Waals surface area (Å²) in [5.41, 5.74) is 1.38. The molecule has 0 saturated carbocycles. The van der Waals surface area contributed by atoms with Crippen LogP contribution < -0.4 is 10.1 Å². The summed E-state index contributed by atoms with van der Waals surface area (Å²) >= 11 is 1.89. The standard InChI is InChI=1S/C11H15NOS/c1-12-9-6-7-14-11-8(9)4-3-5-10(11)13-2/h3-5,9,12H,6-7H2,1-2H3. The van der Waals surface area contributed by atoms with Crippen LogP contribution >= 0.6 is 11.8 Å². The molecule has 1 atom stereocenters. The van der Waals surface area contributed by atoms with Gasteiger partial charge in [-0.1, -0.05) is 12.1 Å². The van der Waals surface area contributed by atoms with Crippen LogP contribution in [0.25, 0.3) is 0 Å². The Kier molecular flexibility index (Phi) is 2.99. The number of rotatable bonds is 2. The molecule has 0 spiro atoms. The SMILES string of the molecule is CNC1CCSc2c(OC)cccc21. The van der Waals surface area contributed by atoms with Crippen molar-refractivity contribution in [3.63, 3.8) is 0 Å². The molecule has 0 saturated heterocycles. The van der Waals surface area contributed by atoms with Crippen LogP contribution in [0, 0.1) is 0 Å². The number of methoxy groups -OCH3 is 1. The largest absolute Gasteiger partial charge is 0.496 e. The molecule has 0 radical (unpaired) electrons. The van der Waals surface area contributed by atoms with Crippen LogP contribution in [0.1, 0.15) is 18.0 Å². The Morgan fingerprint density at radius 1 is 1.50 bits per heavy atom. The molecule has 1 N–H and O–H groups in total. The van der Waals surface area contributed by atoms with Crippen molar-refractivity contribution >= 4 is 11.8 Å². The van der Waals surface area contributed by atoms with Crippen LogP contribution in [-0.2, 0) is 0 Å². The molecule has 2 nitrogen and oxygen atoms in total. The van der Waals surface area contributed by atoms with Crippen LogP contribution in [0.15, 0.2) is 23.1 Å². The van der Waals surface area contributed by atoms with Gasteiger partial charge in [-0.3, -0.25) is 0 Å². The van der Waals surface area contributed by atoms with Crippen LogP contribution in [0.5, 0.6) is 5.75 Å². The minimum Gasteiger partial charge on any atom is -0.496 e. The molecule has 0 amide bonds. The molecule has 2 rings (SSSR count). The lowest BCUT2D eigenvalue weighted by molar-refractivity contribution is 0.400. The molecular weight excluding hydrogens is 194 g/mol. The molecule has 76 valence electrons.